The van der Waals surface area contributed by atoms with Gasteiger partial charge >= 0.3 is 18.2 Å². The van der Waals surface area contributed by atoms with Gasteiger partial charge in [-0.1, -0.05) is 0 Å². The van der Waals surface area contributed by atoms with E-state index in [1.54, 1.807) is 0 Å². The summed E-state index contributed by atoms with van der Waals surface area (Å²) in [6.07, 6.45) is -3.87. The molecule has 0 spiro atoms. The van der Waals surface area contributed by atoms with Crippen molar-refractivity contribution in [3.63, 3.8) is 0 Å². The number of nitriles is 1. The topological polar surface area (TPSA) is 93.8 Å². The number of imide groups is 2. The van der Waals surface area contributed by atoms with Gasteiger partial charge in [0.1, 0.15) is 0 Å². The largest absolute Gasteiger partial charge is 0.417 e. The van der Waals surface area contributed by atoms with Gasteiger partial charge in [0.2, 0.25) is 0 Å². The smallest absolute Gasteiger partial charge is 0.271 e. The first-order chi connectivity index (χ1) is 11.1. The second-order valence-corrected chi connectivity index (χ2v) is 5.29. The summed E-state index contributed by atoms with van der Waals surface area (Å²) in [4.78, 5) is 40.8. The molecule has 1 fully saturated rings. The molecule has 1 aromatic carbocycles. The zero-order valence-corrected chi connectivity index (χ0v) is 12.0. The second-order valence-electron chi connectivity index (χ2n) is 5.29. The van der Waals surface area contributed by atoms with Crippen molar-refractivity contribution in [3.8, 4) is 6.07 Å². The van der Waals surface area contributed by atoms with Gasteiger partial charge in [0, 0.05) is 6.21 Å². The Morgan fingerprint density at radius 2 is 1.92 bits per heavy atom. The average Bonchev–Trinajstić information content (AvgIpc) is 2.92. The van der Waals surface area contributed by atoms with E-state index < -0.39 is 40.8 Å². The fourth-order valence-corrected chi connectivity index (χ4v) is 2.57. The van der Waals surface area contributed by atoms with E-state index in [1.807, 2.05) is 0 Å². The summed E-state index contributed by atoms with van der Waals surface area (Å²) >= 11 is 0. The quantitative estimate of drug-likeness (QED) is 0.736. The van der Waals surface area contributed by atoms with Gasteiger partial charge in [-0.25, -0.2) is 24.4 Å². The van der Waals surface area contributed by atoms with Crippen molar-refractivity contribution in [2.45, 2.75) is 18.6 Å². The maximum atomic E-state index is 13.0. The third-order valence-corrected chi connectivity index (χ3v) is 3.79. The third kappa shape index (κ3) is 1.91. The predicted octanol–water partition coefficient (Wildman–Crippen LogP) is 2.31. The normalized spacial score (nSPS) is 23.0. The SMILES string of the molecule is CC12C=NC(=O)N1C(=O)N(c1ccc(C#N)c(C(F)(F)F)c1)C2=O. The van der Waals surface area contributed by atoms with Crippen LogP contribution in [0.5, 0.6) is 0 Å². The number of nitrogens with zero attached hydrogens (tertiary/aromatic N) is 4. The van der Waals surface area contributed by atoms with E-state index in [0.717, 1.165) is 18.3 Å². The number of aliphatic imine (C=N–C) groups is 1. The highest BCUT2D eigenvalue weighted by molar-refractivity contribution is 6.34. The highest BCUT2D eigenvalue weighted by Crippen LogP contribution is 2.38. The van der Waals surface area contributed by atoms with Crippen LogP contribution >= 0.6 is 0 Å². The summed E-state index contributed by atoms with van der Waals surface area (Å²) in [5.41, 5.74) is -3.97. The lowest BCUT2D eigenvalue weighted by atomic mass is 10.0. The highest BCUT2D eigenvalue weighted by atomic mass is 19.4. The number of carbonyl (C=O) groups is 3. The molecule has 3 rings (SSSR count). The van der Waals surface area contributed by atoms with Crippen molar-refractivity contribution in [1.82, 2.24) is 4.90 Å². The maximum absolute atomic E-state index is 13.0. The van der Waals surface area contributed by atoms with Gasteiger partial charge in [-0.3, -0.25) is 4.79 Å². The summed E-state index contributed by atoms with van der Waals surface area (Å²) in [6.45, 7) is 1.26. The number of urea groups is 2. The first-order valence-corrected chi connectivity index (χ1v) is 6.50. The van der Waals surface area contributed by atoms with Crippen LogP contribution in [0, 0.1) is 11.3 Å². The Morgan fingerprint density at radius 3 is 2.46 bits per heavy atom. The molecule has 0 aromatic heterocycles. The lowest BCUT2D eigenvalue weighted by Crippen LogP contribution is -2.45. The number of rotatable bonds is 1. The average molecular weight is 336 g/mol. The van der Waals surface area contributed by atoms with E-state index in [9.17, 15) is 27.6 Å². The van der Waals surface area contributed by atoms with Crippen molar-refractivity contribution in [2.24, 2.45) is 4.99 Å². The molecule has 1 unspecified atom stereocenters. The van der Waals surface area contributed by atoms with Crippen LogP contribution < -0.4 is 4.90 Å². The second kappa shape index (κ2) is 4.64. The number of fused-ring (bicyclic) bond motifs is 1. The number of anilines is 1. The maximum Gasteiger partial charge on any atom is 0.417 e. The minimum atomic E-state index is -4.84. The molecule has 1 saturated heterocycles. The summed E-state index contributed by atoms with van der Waals surface area (Å²) in [5, 5.41) is 8.78. The lowest BCUT2D eigenvalue weighted by molar-refractivity contribution is -0.137. The van der Waals surface area contributed by atoms with Crippen molar-refractivity contribution >= 4 is 29.9 Å². The van der Waals surface area contributed by atoms with E-state index in [0.29, 0.717) is 15.9 Å². The van der Waals surface area contributed by atoms with Crippen LogP contribution in [-0.4, -0.2) is 34.6 Å². The molecule has 2 aliphatic rings. The number of benzene rings is 1. The van der Waals surface area contributed by atoms with Gasteiger partial charge in [0.05, 0.1) is 22.9 Å². The summed E-state index contributed by atoms with van der Waals surface area (Å²) in [5.74, 6) is -0.903. The molecule has 1 aromatic rings. The zero-order valence-electron chi connectivity index (χ0n) is 12.0. The Morgan fingerprint density at radius 1 is 1.25 bits per heavy atom. The molecule has 1 atom stereocenters. The molecule has 0 radical (unpaired) electrons. The van der Waals surface area contributed by atoms with E-state index in [1.165, 1.54) is 13.0 Å². The molecule has 2 heterocycles. The Kier molecular flexibility index (Phi) is 3.03. The van der Waals surface area contributed by atoms with Crippen molar-refractivity contribution in [2.75, 3.05) is 4.90 Å². The Bertz CT molecular complexity index is 871. The highest BCUT2D eigenvalue weighted by Gasteiger charge is 2.60. The van der Waals surface area contributed by atoms with Crippen molar-refractivity contribution in [3.05, 3.63) is 29.3 Å². The molecule has 2 aliphatic heterocycles. The van der Waals surface area contributed by atoms with Crippen LogP contribution in [-0.2, 0) is 11.0 Å². The lowest BCUT2D eigenvalue weighted by Gasteiger charge is -2.17. The molecular weight excluding hydrogens is 329 g/mol. The zero-order chi connectivity index (χ0) is 17.9. The number of hydrogen-bond donors (Lipinski definition) is 0. The van der Waals surface area contributed by atoms with Gasteiger partial charge in [0.15, 0.2) is 5.54 Å². The molecular formula is C14H7F3N4O3. The first-order valence-electron chi connectivity index (χ1n) is 6.50. The van der Waals surface area contributed by atoms with Crippen LogP contribution in [0.3, 0.4) is 0 Å². The molecule has 24 heavy (non-hydrogen) atoms. The van der Waals surface area contributed by atoms with Gasteiger partial charge in [-0.15, -0.1) is 0 Å². The van der Waals surface area contributed by atoms with Gasteiger partial charge in [0.25, 0.3) is 5.91 Å². The Hall–Kier alpha value is -3.22. The minimum absolute atomic E-state index is 0.381. The number of amides is 5. The van der Waals surface area contributed by atoms with Gasteiger partial charge in [-0.05, 0) is 25.1 Å². The molecule has 0 N–H and O–H groups in total. The van der Waals surface area contributed by atoms with E-state index in [2.05, 4.69) is 4.99 Å². The van der Waals surface area contributed by atoms with Gasteiger partial charge < -0.3 is 0 Å². The minimum Gasteiger partial charge on any atom is -0.271 e. The fourth-order valence-electron chi connectivity index (χ4n) is 2.57. The van der Waals surface area contributed by atoms with E-state index in [4.69, 9.17) is 5.26 Å². The first kappa shape index (κ1) is 15.7. The predicted molar refractivity (Wildman–Crippen MR) is 73.2 cm³/mol. The summed E-state index contributed by atoms with van der Waals surface area (Å²) in [6, 6.07) is 1.77. The number of carbonyl (C=O) groups excluding carboxylic acids is 3. The van der Waals surface area contributed by atoms with Crippen LogP contribution in [0.2, 0.25) is 0 Å². The summed E-state index contributed by atoms with van der Waals surface area (Å²) in [7, 11) is 0. The van der Waals surface area contributed by atoms with Crippen molar-refractivity contribution < 1.29 is 27.6 Å². The number of hydrogen-bond acceptors (Lipinski definition) is 4. The monoisotopic (exact) mass is 336 g/mol. The molecule has 0 aliphatic carbocycles. The molecule has 5 amide bonds. The molecule has 122 valence electrons. The molecule has 0 bridgehead atoms. The Balaban J connectivity index is 2.13. The fraction of sp³-hybridized carbons (Fsp3) is 0.214. The third-order valence-electron chi connectivity index (χ3n) is 3.79. The molecule has 7 nitrogen and oxygen atoms in total. The molecule has 10 heteroatoms. The van der Waals surface area contributed by atoms with E-state index in [-0.39, 0.29) is 5.69 Å². The van der Waals surface area contributed by atoms with Crippen LogP contribution in [0.1, 0.15) is 18.1 Å². The van der Waals surface area contributed by atoms with Crippen molar-refractivity contribution in [1.29, 1.82) is 5.26 Å². The standard InChI is InChI=1S/C14H7F3N4O3/c1-13-6-19-11(23)21(13)12(24)20(10(13)22)8-3-2-7(5-18)9(4-8)14(15,16)17/h2-4,6H,1H3. The van der Waals surface area contributed by atoms with E-state index >= 15 is 0 Å². The van der Waals surface area contributed by atoms with Crippen LogP contribution in [0.25, 0.3) is 0 Å². The van der Waals surface area contributed by atoms with Gasteiger partial charge in [-0.2, -0.15) is 18.4 Å². The van der Waals surface area contributed by atoms with Crippen LogP contribution in [0.15, 0.2) is 23.2 Å². The molecule has 0 saturated carbocycles. The number of alkyl halides is 3. The van der Waals surface area contributed by atoms with Crippen LogP contribution in [0.4, 0.5) is 28.4 Å². The Labute approximate surface area is 132 Å². The summed E-state index contributed by atoms with van der Waals surface area (Å²) < 4.78 is 39.1. The number of halogens is 3.